The van der Waals surface area contributed by atoms with Crippen molar-refractivity contribution < 1.29 is 14.6 Å². The smallest absolute Gasteiger partial charge is 0.410 e. The minimum Gasteiger partial charge on any atom is -0.444 e. The summed E-state index contributed by atoms with van der Waals surface area (Å²) in [5, 5.41) is 11.3. The van der Waals surface area contributed by atoms with Crippen molar-refractivity contribution in [3.05, 3.63) is 14.1 Å². The molecule has 0 radical (unpaired) electrons. The van der Waals surface area contributed by atoms with Crippen molar-refractivity contribution >= 4 is 40.0 Å². The summed E-state index contributed by atoms with van der Waals surface area (Å²) < 4.78 is 6.34. The highest BCUT2D eigenvalue weighted by atomic mass is 127. The van der Waals surface area contributed by atoms with E-state index >= 15 is 0 Å². The number of ether oxygens (including phenoxy) is 1. The summed E-state index contributed by atoms with van der Waals surface area (Å²) in [4.78, 5) is 17.7. The van der Waals surface area contributed by atoms with Crippen LogP contribution in [0, 0.1) is 2.88 Å². The lowest BCUT2D eigenvalue weighted by molar-refractivity contribution is 0.0139. The molecule has 1 unspecified atom stereocenters. The largest absolute Gasteiger partial charge is 0.444 e. The molecular formula is C12H17IN2O3S. The number of thiazole rings is 1. The molecule has 0 aliphatic carbocycles. The molecule has 0 bridgehead atoms. The molecule has 1 aromatic heterocycles. The Kier molecular flexibility index (Phi) is 4.08. The SMILES string of the molecule is CC(C)(C)OC(=O)N1CCC(O)(c2ncc(I)s2)C1. The van der Waals surface area contributed by atoms with E-state index in [1.165, 1.54) is 11.3 Å². The van der Waals surface area contributed by atoms with Crippen molar-refractivity contribution in [2.24, 2.45) is 0 Å². The molecule has 1 atom stereocenters. The standard InChI is InChI=1S/C12H17IN2O3S/c1-11(2,3)18-10(16)15-5-4-12(17,7-15)9-14-6-8(13)19-9/h6,17H,4-5,7H2,1-3H3. The first-order valence-corrected chi connectivity index (χ1v) is 7.91. The van der Waals surface area contributed by atoms with Gasteiger partial charge >= 0.3 is 6.09 Å². The number of β-amino-alcohol motifs (C(OH)–C–C–N with tert-alkyl or cyclic N) is 1. The van der Waals surface area contributed by atoms with Gasteiger partial charge in [0.2, 0.25) is 0 Å². The van der Waals surface area contributed by atoms with Crippen molar-refractivity contribution in [1.29, 1.82) is 0 Å². The Morgan fingerprint density at radius 3 is 2.84 bits per heavy atom. The fraction of sp³-hybridized carbons (Fsp3) is 0.667. The van der Waals surface area contributed by atoms with Crippen LogP contribution in [-0.2, 0) is 10.3 Å². The second-order valence-corrected chi connectivity index (χ2v) is 8.58. The first kappa shape index (κ1) is 15.0. The molecule has 19 heavy (non-hydrogen) atoms. The molecule has 106 valence electrons. The molecule has 1 aliphatic rings. The van der Waals surface area contributed by atoms with Crippen LogP contribution in [0.2, 0.25) is 0 Å². The van der Waals surface area contributed by atoms with Crippen LogP contribution in [0.25, 0.3) is 0 Å². The molecule has 1 amide bonds. The van der Waals surface area contributed by atoms with Gasteiger partial charge in [0.05, 0.1) is 15.6 Å². The van der Waals surface area contributed by atoms with E-state index in [0.717, 1.165) is 2.88 Å². The number of hydrogen-bond acceptors (Lipinski definition) is 5. The van der Waals surface area contributed by atoms with Gasteiger partial charge in [-0.15, -0.1) is 11.3 Å². The van der Waals surface area contributed by atoms with Gasteiger partial charge in [-0.05, 0) is 43.4 Å². The van der Waals surface area contributed by atoms with Gasteiger partial charge in [-0.2, -0.15) is 0 Å². The number of hydrogen-bond donors (Lipinski definition) is 1. The Morgan fingerprint density at radius 1 is 1.63 bits per heavy atom. The summed E-state index contributed by atoms with van der Waals surface area (Å²) in [5.74, 6) is 0. The summed E-state index contributed by atoms with van der Waals surface area (Å²) in [6.07, 6.45) is 1.85. The third kappa shape index (κ3) is 3.57. The second kappa shape index (κ2) is 5.17. The Labute approximate surface area is 130 Å². The molecular weight excluding hydrogens is 379 g/mol. The number of rotatable bonds is 1. The van der Waals surface area contributed by atoms with Crippen LogP contribution in [0.15, 0.2) is 6.20 Å². The summed E-state index contributed by atoms with van der Waals surface area (Å²) >= 11 is 3.63. The molecule has 0 spiro atoms. The lowest BCUT2D eigenvalue weighted by Crippen LogP contribution is -2.38. The Balaban J connectivity index is 2.05. The van der Waals surface area contributed by atoms with Crippen LogP contribution in [0.5, 0.6) is 0 Å². The topological polar surface area (TPSA) is 62.7 Å². The number of aliphatic hydroxyl groups is 1. The molecule has 1 N–H and O–H groups in total. The van der Waals surface area contributed by atoms with Crippen molar-refractivity contribution in [2.75, 3.05) is 13.1 Å². The summed E-state index contributed by atoms with van der Waals surface area (Å²) in [6.45, 7) is 6.22. The first-order valence-electron chi connectivity index (χ1n) is 6.02. The fourth-order valence-electron chi connectivity index (χ4n) is 1.92. The fourth-order valence-corrected chi connectivity index (χ4v) is 3.44. The molecule has 1 aromatic rings. The Hall–Kier alpha value is -0.410. The monoisotopic (exact) mass is 396 g/mol. The highest BCUT2D eigenvalue weighted by molar-refractivity contribution is 14.1. The molecule has 0 aromatic carbocycles. The molecule has 7 heteroatoms. The van der Waals surface area contributed by atoms with E-state index < -0.39 is 11.2 Å². The van der Waals surface area contributed by atoms with Crippen LogP contribution in [0.1, 0.15) is 32.2 Å². The van der Waals surface area contributed by atoms with E-state index in [1.54, 1.807) is 11.1 Å². The van der Waals surface area contributed by atoms with Gasteiger partial charge in [0.15, 0.2) is 0 Å². The van der Waals surface area contributed by atoms with Crippen LogP contribution in [-0.4, -0.2) is 39.8 Å². The molecule has 1 fully saturated rings. The van der Waals surface area contributed by atoms with E-state index in [4.69, 9.17) is 4.74 Å². The van der Waals surface area contributed by atoms with E-state index in [-0.39, 0.29) is 12.6 Å². The van der Waals surface area contributed by atoms with Gasteiger partial charge < -0.3 is 14.7 Å². The Bertz CT molecular complexity index is 486. The summed E-state index contributed by atoms with van der Waals surface area (Å²) in [6, 6.07) is 0. The third-order valence-corrected chi connectivity index (χ3v) is 4.69. The first-order chi connectivity index (χ1) is 8.70. The van der Waals surface area contributed by atoms with Gasteiger partial charge in [0.25, 0.3) is 0 Å². The number of carbonyl (C=O) groups excluding carboxylic acids is 1. The van der Waals surface area contributed by atoms with Crippen LogP contribution < -0.4 is 0 Å². The van der Waals surface area contributed by atoms with Crippen LogP contribution in [0.3, 0.4) is 0 Å². The van der Waals surface area contributed by atoms with Crippen molar-refractivity contribution in [3.8, 4) is 0 Å². The average Bonchev–Trinajstić information content (AvgIpc) is 2.83. The van der Waals surface area contributed by atoms with Gasteiger partial charge in [-0.25, -0.2) is 9.78 Å². The summed E-state index contributed by atoms with van der Waals surface area (Å²) in [7, 11) is 0. The van der Waals surface area contributed by atoms with Crippen LogP contribution >= 0.6 is 33.9 Å². The molecule has 2 heterocycles. The third-order valence-electron chi connectivity index (χ3n) is 2.78. The zero-order chi connectivity index (χ0) is 14.3. The van der Waals surface area contributed by atoms with E-state index in [1.807, 2.05) is 20.8 Å². The van der Waals surface area contributed by atoms with Gasteiger partial charge in [-0.3, -0.25) is 0 Å². The maximum Gasteiger partial charge on any atom is 0.410 e. The minimum atomic E-state index is -1.04. The van der Waals surface area contributed by atoms with Crippen molar-refractivity contribution in [3.63, 3.8) is 0 Å². The zero-order valence-corrected chi connectivity index (χ0v) is 14.1. The number of likely N-dealkylation sites (tertiary alicyclic amines) is 1. The number of amides is 1. The minimum absolute atomic E-state index is 0.242. The zero-order valence-electron chi connectivity index (χ0n) is 11.1. The summed E-state index contributed by atoms with van der Waals surface area (Å²) in [5.41, 5.74) is -1.56. The highest BCUT2D eigenvalue weighted by Gasteiger charge is 2.43. The predicted octanol–water partition coefficient (Wildman–Crippen LogP) is 2.58. The maximum absolute atomic E-state index is 12.0. The lowest BCUT2D eigenvalue weighted by atomic mass is 10.1. The Morgan fingerprint density at radius 2 is 2.32 bits per heavy atom. The second-order valence-electron chi connectivity index (χ2n) is 5.65. The van der Waals surface area contributed by atoms with Crippen molar-refractivity contribution in [1.82, 2.24) is 9.88 Å². The molecule has 1 aliphatic heterocycles. The average molecular weight is 396 g/mol. The number of carbonyl (C=O) groups is 1. The number of aromatic nitrogens is 1. The van der Waals surface area contributed by atoms with Gasteiger partial charge in [0, 0.05) is 13.0 Å². The van der Waals surface area contributed by atoms with Gasteiger partial charge in [0.1, 0.15) is 16.2 Å². The van der Waals surface area contributed by atoms with Crippen molar-refractivity contribution in [2.45, 2.75) is 38.4 Å². The quantitative estimate of drug-likeness (QED) is 0.742. The highest BCUT2D eigenvalue weighted by Crippen LogP contribution is 2.35. The molecule has 5 nitrogen and oxygen atoms in total. The van der Waals surface area contributed by atoms with Crippen LogP contribution in [0.4, 0.5) is 4.79 Å². The van der Waals surface area contributed by atoms with E-state index in [0.29, 0.717) is 18.0 Å². The maximum atomic E-state index is 12.0. The normalized spacial score (nSPS) is 23.7. The van der Waals surface area contributed by atoms with E-state index in [2.05, 4.69) is 27.6 Å². The molecule has 1 saturated heterocycles. The predicted molar refractivity (Wildman–Crippen MR) is 81.2 cm³/mol. The van der Waals surface area contributed by atoms with Gasteiger partial charge in [-0.1, -0.05) is 0 Å². The number of nitrogens with zero attached hydrogens (tertiary/aromatic N) is 2. The molecule has 2 rings (SSSR count). The molecule has 0 saturated carbocycles. The lowest BCUT2D eigenvalue weighted by Gasteiger charge is -2.25. The van der Waals surface area contributed by atoms with E-state index in [9.17, 15) is 9.90 Å². The number of halogens is 1.